The maximum atomic E-state index is 11.9. The summed E-state index contributed by atoms with van der Waals surface area (Å²) in [6.45, 7) is -3.12. The number of benzene rings is 1. The Labute approximate surface area is 88.0 Å². The Morgan fingerprint density at radius 2 is 2.19 bits per heavy atom. The lowest BCUT2D eigenvalue weighted by Gasteiger charge is -2.08. The molecule has 0 radical (unpaired) electrons. The molecule has 1 aromatic rings. The zero-order valence-corrected chi connectivity index (χ0v) is 7.68. The van der Waals surface area contributed by atoms with Crippen molar-refractivity contribution in [2.75, 3.05) is 5.73 Å². The van der Waals surface area contributed by atoms with E-state index in [4.69, 9.17) is 11.0 Å². The number of hydrogen-bond acceptors (Lipinski definition) is 5. The number of ether oxygens (including phenoxy) is 1. The molecule has 0 bridgehead atoms. The number of hydrogen-bond donors (Lipinski definition) is 1. The molecule has 0 spiro atoms. The van der Waals surface area contributed by atoms with Crippen molar-refractivity contribution in [3.05, 3.63) is 27.8 Å². The molecule has 1 rings (SSSR count). The minimum Gasteiger partial charge on any atom is -0.433 e. The van der Waals surface area contributed by atoms with E-state index >= 15 is 0 Å². The molecular weight excluding hydrogens is 224 g/mol. The Bertz CT molecular complexity index is 470. The minimum atomic E-state index is -3.12. The molecule has 6 nitrogen and oxygen atoms in total. The van der Waals surface area contributed by atoms with Gasteiger partial charge in [-0.15, -0.1) is 0 Å². The SMILES string of the molecule is N#Cc1c([N+](=O)[O-])ccc(OC(F)F)c1N. The average molecular weight is 229 g/mol. The van der Waals surface area contributed by atoms with Crippen LogP contribution < -0.4 is 10.5 Å². The highest BCUT2D eigenvalue weighted by atomic mass is 19.3. The second kappa shape index (κ2) is 4.39. The summed E-state index contributed by atoms with van der Waals surface area (Å²) in [6, 6.07) is 3.27. The fourth-order valence-corrected chi connectivity index (χ4v) is 1.06. The number of nitrogens with two attached hydrogens (primary N) is 1. The number of halogens is 2. The predicted octanol–water partition coefficient (Wildman–Crippen LogP) is 1.65. The molecule has 8 heteroatoms. The van der Waals surface area contributed by atoms with E-state index < -0.39 is 34.2 Å². The Balaban J connectivity index is 3.30. The van der Waals surface area contributed by atoms with Crippen LogP contribution >= 0.6 is 0 Å². The summed E-state index contributed by atoms with van der Waals surface area (Å²) in [7, 11) is 0. The molecule has 0 saturated heterocycles. The lowest BCUT2D eigenvalue weighted by molar-refractivity contribution is -0.385. The first-order valence-electron chi connectivity index (χ1n) is 3.89. The van der Waals surface area contributed by atoms with E-state index in [0.29, 0.717) is 0 Å². The maximum Gasteiger partial charge on any atom is 0.387 e. The molecule has 0 unspecified atom stereocenters. The third kappa shape index (κ3) is 2.14. The number of nitro benzene ring substituents is 1. The number of rotatable bonds is 3. The van der Waals surface area contributed by atoms with Crippen molar-refractivity contribution in [3.8, 4) is 11.8 Å². The molecule has 0 saturated carbocycles. The number of nitrogens with zero attached hydrogens (tertiary/aromatic N) is 2. The normalized spacial score (nSPS) is 9.88. The Hall–Kier alpha value is -2.43. The first-order valence-corrected chi connectivity index (χ1v) is 3.89. The molecule has 0 aromatic heterocycles. The van der Waals surface area contributed by atoms with E-state index in [0.717, 1.165) is 12.1 Å². The summed E-state index contributed by atoms with van der Waals surface area (Å²) < 4.78 is 27.8. The Morgan fingerprint density at radius 3 is 2.62 bits per heavy atom. The van der Waals surface area contributed by atoms with Gasteiger partial charge in [-0.05, 0) is 6.07 Å². The fraction of sp³-hybridized carbons (Fsp3) is 0.125. The van der Waals surface area contributed by atoms with Crippen LogP contribution in [0, 0.1) is 21.4 Å². The quantitative estimate of drug-likeness (QED) is 0.482. The van der Waals surface area contributed by atoms with Crippen molar-refractivity contribution in [3.63, 3.8) is 0 Å². The molecule has 0 heterocycles. The van der Waals surface area contributed by atoms with Crippen molar-refractivity contribution in [2.24, 2.45) is 0 Å². The Morgan fingerprint density at radius 1 is 1.56 bits per heavy atom. The predicted molar refractivity (Wildman–Crippen MR) is 48.9 cm³/mol. The van der Waals surface area contributed by atoms with Crippen molar-refractivity contribution < 1.29 is 18.4 Å². The van der Waals surface area contributed by atoms with Gasteiger partial charge in [-0.2, -0.15) is 14.0 Å². The first kappa shape index (κ1) is 11.6. The highest BCUT2D eigenvalue weighted by molar-refractivity contribution is 5.70. The van der Waals surface area contributed by atoms with Gasteiger partial charge in [0.1, 0.15) is 6.07 Å². The average Bonchev–Trinajstić information content (AvgIpc) is 2.19. The third-order valence-electron chi connectivity index (χ3n) is 1.71. The van der Waals surface area contributed by atoms with Gasteiger partial charge in [0, 0.05) is 6.07 Å². The standard InChI is InChI=1S/C8H5F2N3O3/c9-8(10)16-6-2-1-5(13(14)15)4(3-11)7(6)12/h1-2,8H,12H2. The molecule has 1 aromatic carbocycles. The Kier molecular flexibility index (Phi) is 3.20. The molecule has 0 aliphatic rings. The summed E-state index contributed by atoms with van der Waals surface area (Å²) in [5, 5.41) is 19.1. The van der Waals surface area contributed by atoms with Crippen LogP contribution in [0.3, 0.4) is 0 Å². The topological polar surface area (TPSA) is 102 Å². The molecule has 16 heavy (non-hydrogen) atoms. The molecule has 0 fully saturated rings. The summed E-state index contributed by atoms with van der Waals surface area (Å²) in [5.41, 5.74) is 3.77. The van der Waals surface area contributed by atoms with Crippen LogP contribution in [0.2, 0.25) is 0 Å². The molecule has 0 aliphatic carbocycles. The van der Waals surface area contributed by atoms with Crippen LogP contribution in [0.5, 0.6) is 5.75 Å². The molecule has 2 N–H and O–H groups in total. The number of nitriles is 1. The van der Waals surface area contributed by atoms with Gasteiger partial charge in [0.25, 0.3) is 5.69 Å². The van der Waals surface area contributed by atoms with Gasteiger partial charge < -0.3 is 10.5 Å². The maximum absolute atomic E-state index is 11.9. The van der Waals surface area contributed by atoms with Gasteiger partial charge in [0.05, 0.1) is 10.6 Å². The minimum absolute atomic E-state index is 0.461. The number of alkyl halides is 2. The van der Waals surface area contributed by atoms with Crippen LogP contribution in [0.25, 0.3) is 0 Å². The van der Waals surface area contributed by atoms with Gasteiger partial charge >= 0.3 is 6.61 Å². The van der Waals surface area contributed by atoms with E-state index in [1.807, 2.05) is 0 Å². The lowest BCUT2D eigenvalue weighted by Crippen LogP contribution is -2.06. The van der Waals surface area contributed by atoms with Crippen LogP contribution in [-0.2, 0) is 0 Å². The summed E-state index contributed by atoms with van der Waals surface area (Å²) in [4.78, 5) is 9.64. The van der Waals surface area contributed by atoms with Gasteiger partial charge in [-0.3, -0.25) is 10.1 Å². The second-order valence-electron chi connectivity index (χ2n) is 2.62. The highest BCUT2D eigenvalue weighted by Gasteiger charge is 2.21. The van der Waals surface area contributed by atoms with E-state index in [1.165, 1.54) is 6.07 Å². The van der Waals surface area contributed by atoms with E-state index in [9.17, 15) is 18.9 Å². The summed E-state index contributed by atoms with van der Waals surface area (Å²) >= 11 is 0. The van der Waals surface area contributed by atoms with Crippen molar-refractivity contribution in [2.45, 2.75) is 6.61 Å². The smallest absolute Gasteiger partial charge is 0.387 e. The van der Waals surface area contributed by atoms with Crippen LogP contribution in [0.15, 0.2) is 12.1 Å². The van der Waals surface area contributed by atoms with Gasteiger partial charge in [0.2, 0.25) is 0 Å². The largest absolute Gasteiger partial charge is 0.433 e. The van der Waals surface area contributed by atoms with Crippen molar-refractivity contribution >= 4 is 11.4 Å². The molecule has 84 valence electrons. The molecule has 0 atom stereocenters. The second-order valence-corrected chi connectivity index (χ2v) is 2.62. The molecule has 0 amide bonds. The monoisotopic (exact) mass is 229 g/mol. The number of nitrogen functional groups attached to an aromatic ring is 1. The van der Waals surface area contributed by atoms with Gasteiger partial charge in [-0.25, -0.2) is 0 Å². The zero-order chi connectivity index (χ0) is 12.3. The molecular formula is C8H5F2N3O3. The summed E-state index contributed by atoms with van der Waals surface area (Å²) in [6.07, 6.45) is 0. The van der Waals surface area contributed by atoms with E-state index in [1.54, 1.807) is 0 Å². The highest BCUT2D eigenvalue weighted by Crippen LogP contribution is 2.32. The van der Waals surface area contributed by atoms with Gasteiger partial charge in [0.15, 0.2) is 11.3 Å². The van der Waals surface area contributed by atoms with E-state index in [-0.39, 0.29) is 0 Å². The van der Waals surface area contributed by atoms with Crippen LogP contribution in [-0.4, -0.2) is 11.5 Å². The number of nitro groups is 1. The third-order valence-corrected chi connectivity index (χ3v) is 1.71. The van der Waals surface area contributed by atoms with Crippen molar-refractivity contribution in [1.29, 1.82) is 5.26 Å². The van der Waals surface area contributed by atoms with Crippen LogP contribution in [0.4, 0.5) is 20.2 Å². The van der Waals surface area contributed by atoms with Crippen LogP contribution in [0.1, 0.15) is 5.56 Å². The fourth-order valence-electron chi connectivity index (χ4n) is 1.06. The summed E-state index contributed by atoms with van der Waals surface area (Å²) in [5.74, 6) is -0.461. The zero-order valence-electron chi connectivity index (χ0n) is 7.68. The first-order chi connectivity index (χ1) is 7.47. The van der Waals surface area contributed by atoms with E-state index in [2.05, 4.69) is 4.74 Å². The van der Waals surface area contributed by atoms with Crippen molar-refractivity contribution in [1.82, 2.24) is 0 Å². The molecule has 0 aliphatic heterocycles. The lowest BCUT2D eigenvalue weighted by atomic mass is 10.1. The van der Waals surface area contributed by atoms with Gasteiger partial charge in [-0.1, -0.05) is 0 Å². The number of anilines is 1.